The van der Waals surface area contributed by atoms with Crippen molar-refractivity contribution in [1.29, 1.82) is 0 Å². The molecule has 0 radical (unpaired) electrons. The van der Waals surface area contributed by atoms with Gasteiger partial charge < -0.3 is 9.84 Å². The van der Waals surface area contributed by atoms with Gasteiger partial charge in [-0.25, -0.2) is 0 Å². The lowest BCUT2D eigenvalue weighted by atomic mass is 10.0. The molecule has 0 aliphatic heterocycles. The molecule has 106 valence electrons. The molecule has 6 heteroatoms. The van der Waals surface area contributed by atoms with Gasteiger partial charge in [-0.3, -0.25) is 0 Å². The molecule has 0 spiro atoms. The molecule has 0 aliphatic rings. The van der Waals surface area contributed by atoms with Crippen molar-refractivity contribution in [3.63, 3.8) is 0 Å². The van der Waals surface area contributed by atoms with E-state index in [4.69, 9.17) is 16.7 Å². The maximum Gasteiger partial charge on any atom is 0.573 e. The second-order valence-electron chi connectivity index (χ2n) is 4.02. The Morgan fingerprint density at radius 1 is 1.05 bits per heavy atom. The van der Waals surface area contributed by atoms with Crippen LogP contribution >= 0.6 is 11.6 Å². The second kappa shape index (κ2) is 5.73. The number of hydrogen-bond acceptors (Lipinski definition) is 2. The summed E-state index contributed by atoms with van der Waals surface area (Å²) < 4.78 is 41.2. The molecule has 0 saturated carbocycles. The fraction of sp³-hybridized carbons (Fsp3) is 0.143. The minimum absolute atomic E-state index is 0.213. The Kier molecular flexibility index (Phi) is 4.20. The summed E-state index contributed by atoms with van der Waals surface area (Å²) >= 11 is 6.01. The van der Waals surface area contributed by atoms with Gasteiger partial charge in [0.15, 0.2) is 0 Å². The molecule has 0 aromatic heterocycles. The molecule has 20 heavy (non-hydrogen) atoms. The number of alkyl halides is 3. The molecule has 0 bridgehead atoms. The van der Waals surface area contributed by atoms with Crippen molar-refractivity contribution in [3.8, 4) is 16.9 Å². The minimum Gasteiger partial charge on any atom is -0.405 e. The third-order valence-electron chi connectivity index (χ3n) is 2.62. The van der Waals surface area contributed by atoms with E-state index in [0.717, 1.165) is 0 Å². The summed E-state index contributed by atoms with van der Waals surface area (Å²) in [5.74, 6) is -0.336. The average molecular weight is 303 g/mol. The van der Waals surface area contributed by atoms with Crippen molar-refractivity contribution in [2.24, 2.45) is 0 Å². The van der Waals surface area contributed by atoms with Crippen molar-refractivity contribution in [3.05, 3.63) is 53.1 Å². The monoisotopic (exact) mass is 302 g/mol. The Morgan fingerprint density at radius 2 is 1.75 bits per heavy atom. The molecule has 0 heterocycles. The van der Waals surface area contributed by atoms with Crippen LogP contribution in [0.3, 0.4) is 0 Å². The first-order valence-corrected chi connectivity index (χ1v) is 6.03. The van der Waals surface area contributed by atoms with Gasteiger partial charge in [-0.15, -0.1) is 13.2 Å². The standard InChI is InChI=1S/C14H10ClF3O2/c15-12-6-5-9(8-19)7-11(12)10-3-1-2-4-13(10)20-14(16,17)18/h1-7,19H,8H2. The number of rotatable bonds is 3. The van der Waals surface area contributed by atoms with Crippen LogP contribution in [0.15, 0.2) is 42.5 Å². The zero-order valence-corrected chi connectivity index (χ0v) is 10.9. The van der Waals surface area contributed by atoms with Gasteiger partial charge in [0.2, 0.25) is 0 Å². The minimum atomic E-state index is -4.78. The van der Waals surface area contributed by atoms with Crippen LogP contribution in [0.1, 0.15) is 5.56 Å². The molecular weight excluding hydrogens is 293 g/mol. The molecule has 0 aliphatic carbocycles. The number of aliphatic hydroxyl groups excluding tert-OH is 1. The maximum absolute atomic E-state index is 12.4. The van der Waals surface area contributed by atoms with Crippen LogP contribution in [0.4, 0.5) is 13.2 Å². The lowest BCUT2D eigenvalue weighted by Crippen LogP contribution is -2.17. The average Bonchev–Trinajstić information content (AvgIpc) is 2.38. The number of para-hydroxylation sites is 1. The highest BCUT2D eigenvalue weighted by molar-refractivity contribution is 6.33. The van der Waals surface area contributed by atoms with Crippen molar-refractivity contribution < 1.29 is 23.0 Å². The Bertz CT molecular complexity index is 612. The third kappa shape index (κ3) is 3.43. The van der Waals surface area contributed by atoms with E-state index in [1.807, 2.05) is 0 Å². The van der Waals surface area contributed by atoms with Crippen LogP contribution in [-0.4, -0.2) is 11.5 Å². The van der Waals surface area contributed by atoms with Crippen LogP contribution < -0.4 is 4.74 Å². The Hall–Kier alpha value is -1.72. The van der Waals surface area contributed by atoms with Gasteiger partial charge in [0, 0.05) is 16.1 Å². The van der Waals surface area contributed by atoms with E-state index in [2.05, 4.69) is 4.74 Å². The third-order valence-corrected chi connectivity index (χ3v) is 2.95. The molecule has 2 rings (SSSR count). The van der Waals surface area contributed by atoms with Crippen LogP contribution in [0.2, 0.25) is 5.02 Å². The van der Waals surface area contributed by atoms with E-state index in [9.17, 15) is 13.2 Å². The van der Waals surface area contributed by atoms with Crippen molar-refractivity contribution >= 4 is 11.6 Å². The van der Waals surface area contributed by atoms with Gasteiger partial charge in [-0.2, -0.15) is 0 Å². The van der Waals surface area contributed by atoms with Gasteiger partial charge in [-0.1, -0.05) is 35.9 Å². The number of halogens is 4. The molecular formula is C14H10ClF3O2. The highest BCUT2D eigenvalue weighted by Crippen LogP contribution is 2.37. The molecule has 2 nitrogen and oxygen atoms in total. The smallest absolute Gasteiger partial charge is 0.405 e. The van der Waals surface area contributed by atoms with Gasteiger partial charge in [0.1, 0.15) is 5.75 Å². The highest BCUT2D eigenvalue weighted by atomic mass is 35.5. The molecule has 0 amide bonds. The predicted molar refractivity (Wildman–Crippen MR) is 69.5 cm³/mol. The molecule has 2 aromatic rings. The second-order valence-corrected chi connectivity index (χ2v) is 4.42. The topological polar surface area (TPSA) is 29.5 Å². The quantitative estimate of drug-likeness (QED) is 0.910. The zero-order chi connectivity index (χ0) is 14.8. The van der Waals surface area contributed by atoms with E-state index in [0.29, 0.717) is 11.1 Å². The summed E-state index contributed by atoms with van der Waals surface area (Å²) in [5.41, 5.74) is 1.13. The van der Waals surface area contributed by atoms with E-state index >= 15 is 0 Å². The summed E-state index contributed by atoms with van der Waals surface area (Å²) in [6.07, 6.45) is -4.78. The Morgan fingerprint density at radius 3 is 2.40 bits per heavy atom. The lowest BCUT2D eigenvalue weighted by molar-refractivity contribution is -0.274. The van der Waals surface area contributed by atoms with Gasteiger partial charge in [-0.05, 0) is 23.8 Å². The van der Waals surface area contributed by atoms with Crippen LogP contribution in [0, 0.1) is 0 Å². The highest BCUT2D eigenvalue weighted by Gasteiger charge is 2.32. The van der Waals surface area contributed by atoms with Crippen molar-refractivity contribution in [2.45, 2.75) is 13.0 Å². The largest absolute Gasteiger partial charge is 0.573 e. The van der Waals surface area contributed by atoms with E-state index in [-0.39, 0.29) is 22.9 Å². The van der Waals surface area contributed by atoms with Crippen molar-refractivity contribution in [2.75, 3.05) is 0 Å². The first-order chi connectivity index (χ1) is 9.40. The summed E-state index contributed by atoms with van der Waals surface area (Å²) in [4.78, 5) is 0. The molecule has 1 N–H and O–H groups in total. The summed E-state index contributed by atoms with van der Waals surface area (Å²) in [6, 6.07) is 10.4. The predicted octanol–water partition coefficient (Wildman–Crippen LogP) is 4.40. The number of aliphatic hydroxyl groups is 1. The van der Waals surface area contributed by atoms with E-state index in [1.165, 1.54) is 30.3 Å². The first-order valence-electron chi connectivity index (χ1n) is 5.65. The van der Waals surface area contributed by atoms with Crippen LogP contribution in [0.25, 0.3) is 11.1 Å². The van der Waals surface area contributed by atoms with Crippen LogP contribution in [0.5, 0.6) is 5.75 Å². The molecule has 2 aromatic carbocycles. The Labute approximate surface area is 118 Å². The maximum atomic E-state index is 12.4. The molecule has 0 saturated heterocycles. The number of benzene rings is 2. The molecule has 0 unspecified atom stereocenters. The van der Waals surface area contributed by atoms with Gasteiger partial charge in [0.25, 0.3) is 0 Å². The van der Waals surface area contributed by atoms with E-state index < -0.39 is 6.36 Å². The lowest BCUT2D eigenvalue weighted by Gasteiger charge is -2.14. The normalized spacial score (nSPS) is 11.4. The van der Waals surface area contributed by atoms with Crippen molar-refractivity contribution in [1.82, 2.24) is 0 Å². The fourth-order valence-electron chi connectivity index (χ4n) is 1.78. The summed E-state index contributed by atoms with van der Waals surface area (Å²) in [5, 5.41) is 9.38. The summed E-state index contributed by atoms with van der Waals surface area (Å²) in [7, 11) is 0. The number of ether oxygens (including phenoxy) is 1. The first kappa shape index (κ1) is 14.7. The molecule has 0 fully saturated rings. The van der Waals surface area contributed by atoms with Crippen LogP contribution in [-0.2, 0) is 6.61 Å². The van der Waals surface area contributed by atoms with Gasteiger partial charge in [0.05, 0.1) is 6.61 Å². The summed E-state index contributed by atoms with van der Waals surface area (Å²) in [6.45, 7) is -0.230. The fourth-order valence-corrected chi connectivity index (χ4v) is 2.00. The SMILES string of the molecule is OCc1ccc(Cl)c(-c2ccccc2OC(F)(F)F)c1. The Balaban J connectivity index is 2.52. The number of hydrogen-bond donors (Lipinski definition) is 1. The zero-order valence-electron chi connectivity index (χ0n) is 10.1. The molecule has 0 atom stereocenters. The van der Waals surface area contributed by atoms with Gasteiger partial charge >= 0.3 is 6.36 Å². The van der Waals surface area contributed by atoms with E-state index in [1.54, 1.807) is 12.1 Å².